The van der Waals surface area contributed by atoms with Gasteiger partial charge in [-0.2, -0.15) is 0 Å². The van der Waals surface area contributed by atoms with Gasteiger partial charge in [-0.25, -0.2) is 0 Å². The molecule has 1 rings (SSSR count). The SMILES string of the molecule is CC(CC(C)C(=O)Nc1ccccc1)C(=O)O. The van der Waals surface area contributed by atoms with E-state index in [0.29, 0.717) is 6.42 Å². The minimum absolute atomic E-state index is 0.149. The Bertz CT molecular complexity index is 389. The van der Waals surface area contributed by atoms with Crippen LogP contribution in [0.5, 0.6) is 0 Å². The molecule has 0 heterocycles. The molecule has 1 aromatic rings. The average Bonchev–Trinajstić information content (AvgIpc) is 2.29. The van der Waals surface area contributed by atoms with Gasteiger partial charge in [0.2, 0.25) is 5.91 Å². The van der Waals surface area contributed by atoms with Crippen molar-refractivity contribution >= 4 is 17.6 Å². The van der Waals surface area contributed by atoms with E-state index in [9.17, 15) is 9.59 Å². The van der Waals surface area contributed by atoms with Crippen LogP contribution in [-0.4, -0.2) is 17.0 Å². The lowest BCUT2D eigenvalue weighted by Crippen LogP contribution is -2.24. The van der Waals surface area contributed by atoms with Gasteiger partial charge in [0.05, 0.1) is 5.92 Å². The Labute approximate surface area is 101 Å². The van der Waals surface area contributed by atoms with E-state index in [1.54, 1.807) is 26.0 Å². The molecule has 0 spiro atoms. The number of hydrogen-bond acceptors (Lipinski definition) is 2. The van der Waals surface area contributed by atoms with Gasteiger partial charge < -0.3 is 10.4 Å². The predicted octanol–water partition coefficient (Wildman–Crippen LogP) is 2.37. The minimum atomic E-state index is -0.871. The number of anilines is 1. The van der Waals surface area contributed by atoms with E-state index < -0.39 is 11.9 Å². The second-order valence-electron chi connectivity index (χ2n) is 4.23. The fourth-order valence-electron chi connectivity index (χ4n) is 1.53. The van der Waals surface area contributed by atoms with Gasteiger partial charge in [0.15, 0.2) is 0 Å². The van der Waals surface area contributed by atoms with Gasteiger partial charge in [-0.3, -0.25) is 9.59 Å². The van der Waals surface area contributed by atoms with Crippen molar-refractivity contribution in [3.63, 3.8) is 0 Å². The maximum Gasteiger partial charge on any atom is 0.306 e. The van der Waals surface area contributed by atoms with Crippen LogP contribution >= 0.6 is 0 Å². The minimum Gasteiger partial charge on any atom is -0.481 e. The first-order valence-electron chi connectivity index (χ1n) is 5.59. The van der Waals surface area contributed by atoms with Crippen LogP contribution in [0.25, 0.3) is 0 Å². The van der Waals surface area contributed by atoms with Crippen molar-refractivity contribution in [1.82, 2.24) is 0 Å². The van der Waals surface area contributed by atoms with Crippen LogP contribution in [0.2, 0.25) is 0 Å². The molecule has 4 nitrogen and oxygen atoms in total. The molecule has 92 valence electrons. The molecule has 2 N–H and O–H groups in total. The zero-order valence-electron chi connectivity index (χ0n) is 10.0. The maximum absolute atomic E-state index is 11.8. The number of carbonyl (C=O) groups excluding carboxylic acids is 1. The molecule has 0 aliphatic rings. The van der Waals surface area contributed by atoms with Gasteiger partial charge in [0, 0.05) is 11.6 Å². The predicted molar refractivity (Wildman–Crippen MR) is 65.7 cm³/mol. The summed E-state index contributed by atoms with van der Waals surface area (Å²) in [5, 5.41) is 11.5. The molecule has 1 amide bonds. The number of carboxylic acids is 1. The van der Waals surface area contributed by atoms with Crippen molar-refractivity contribution in [2.75, 3.05) is 5.32 Å². The van der Waals surface area contributed by atoms with Gasteiger partial charge in [-0.1, -0.05) is 32.0 Å². The van der Waals surface area contributed by atoms with Crippen molar-refractivity contribution in [2.24, 2.45) is 11.8 Å². The third-order valence-electron chi connectivity index (χ3n) is 2.62. The van der Waals surface area contributed by atoms with Crippen molar-refractivity contribution in [3.8, 4) is 0 Å². The molecular weight excluding hydrogens is 218 g/mol. The molecule has 0 bridgehead atoms. The summed E-state index contributed by atoms with van der Waals surface area (Å²) in [6.45, 7) is 3.34. The Morgan fingerprint density at radius 3 is 2.29 bits per heavy atom. The first-order valence-corrected chi connectivity index (χ1v) is 5.59. The number of carboxylic acid groups (broad SMARTS) is 1. The highest BCUT2D eigenvalue weighted by Crippen LogP contribution is 2.15. The first-order chi connectivity index (χ1) is 8.00. The summed E-state index contributed by atoms with van der Waals surface area (Å²) < 4.78 is 0. The highest BCUT2D eigenvalue weighted by atomic mass is 16.4. The Balaban J connectivity index is 2.50. The Morgan fingerprint density at radius 2 is 1.76 bits per heavy atom. The van der Waals surface area contributed by atoms with E-state index in [2.05, 4.69) is 5.32 Å². The van der Waals surface area contributed by atoms with Crippen molar-refractivity contribution in [2.45, 2.75) is 20.3 Å². The van der Waals surface area contributed by atoms with Crippen LogP contribution in [0, 0.1) is 11.8 Å². The van der Waals surface area contributed by atoms with Gasteiger partial charge in [-0.05, 0) is 18.6 Å². The van der Waals surface area contributed by atoms with E-state index in [1.807, 2.05) is 18.2 Å². The number of aliphatic carboxylic acids is 1. The van der Waals surface area contributed by atoms with E-state index in [4.69, 9.17) is 5.11 Å². The fraction of sp³-hybridized carbons (Fsp3) is 0.385. The van der Waals surface area contributed by atoms with Crippen LogP contribution in [0.3, 0.4) is 0 Å². The van der Waals surface area contributed by atoms with Crippen LogP contribution in [0.4, 0.5) is 5.69 Å². The van der Waals surface area contributed by atoms with Crippen LogP contribution in [-0.2, 0) is 9.59 Å². The lowest BCUT2D eigenvalue weighted by atomic mass is 9.97. The first kappa shape index (κ1) is 13.2. The summed E-state index contributed by atoms with van der Waals surface area (Å²) in [7, 11) is 0. The largest absolute Gasteiger partial charge is 0.481 e. The van der Waals surface area contributed by atoms with E-state index in [0.717, 1.165) is 5.69 Å². The summed E-state index contributed by atoms with van der Waals surface area (Å²) in [5.74, 6) is -1.85. The molecule has 2 unspecified atom stereocenters. The molecule has 0 aliphatic carbocycles. The second-order valence-corrected chi connectivity index (χ2v) is 4.23. The van der Waals surface area contributed by atoms with Gasteiger partial charge in [-0.15, -0.1) is 0 Å². The van der Waals surface area contributed by atoms with Crippen LogP contribution < -0.4 is 5.32 Å². The number of rotatable bonds is 5. The summed E-state index contributed by atoms with van der Waals surface area (Å²) >= 11 is 0. The van der Waals surface area contributed by atoms with Gasteiger partial charge in [0.1, 0.15) is 0 Å². The highest BCUT2D eigenvalue weighted by Gasteiger charge is 2.20. The van der Waals surface area contributed by atoms with E-state index >= 15 is 0 Å². The summed E-state index contributed by atoms with van der Waals surface area (Å²) in [4.78, 5) is 22.5. The number of nitrogens with one attached hydrogen (secondary N) is 1. The maximum atomic E-state index is 11.8. The van der Waals surface area contributed by atoms with E-state index in [1.165, 1.54) is 0 Å². The van der Waals surface area contributed by atoms with Crippen molar-refractivity contribution in [3.05, 3.63) is 30.3 Å². The zero-order valence-corrected chi connectivity index (χ0v) is 10.0. The van der Waals surface area contributed by atoms with Gasteiger partial charge >= 0.3 is 5.97 Å². The Hall–Kier alpha value is -1.84. The topological polar surface area (TPSA) is 66.4 Å². The molecule has 17 heavy (non-hydrogen) atoms. The quantitative estimate of drug-likeness (QED) is 0.823. The second kappa shape index (κ2) is 6.03. The molecule has 1 aromatic carbocycles. The van der Waals surface area contributed by atoms with Crippen molar-refractivity contribution < 1.29 is 14.7 Å². The summed E-state index contributed by atoms with van der Waals surface area (Å²) in [5.41, 5.74) is 0.729. The lowest BCUT2D eigenvalue weighted by Gasteiger charge is -2.14. The van der Waals surface area contributed by atoms with Gasteiger partial charge in [0.25, 0.3) is 0 Å². The average molecular weight is 235 g/mol. The number of benzene rings is 1. The number of amides is 1. The molecule has 0 aromatic heterocycles. The Kier molecular flexibility index (Phi) is 4.69. The smallest absolute Gasteiger partial charge is 0.306 e. The molecule has 4 heteroatoms. The third-order valence-corrected chi connectivity index (χ3v) is 2.62. The molecule has 0 radical (unpaired) electrons. The molecule has 0 saturated heterocycles. The van der Waals surface area contributed by atoms with E-state index in [-0.39, 0.29) is 11.8 Å². The van der Waals surface area contributed by atoms with Crippen LogP contribution in [0.1, 0.15) is 20.3 Å². The normalized spacial score (nSPS) is 13.8. The standard InChI is InChI=1S/C13H17NO3/c1-9(8-10(2)13(16)17)12(15)14-11-6-4-3-5-7-11/h3-7,9-10H,8H2,1-2H3,(H,14,15)(H,16,17). The van der Waals surface area contributed by atoms with Crippen LogP contribution in [0.15, 0.2) is 30.3 Å². The fourth-order valence-corrected chi connectivity index (χ4v) is 1.53. The lowest BCUT2D eigenvalue weighted by molar-refractivity contribution is -0.141. The summed E-state index contributed by atoms with van der Waals surface area (Å²) in [6, 6.07) is 9.13. The third kappa shape index (κ3) is 4.26. The molecule has 2 atom stereocenters. The highest BCUT2D eigenvalue weighted by molar-refractivity contribution is 5.92. The number of hydrogen-bond donors (Lipinski definition) is 2. The van der Waals surface area contributed by atoms with Crippen molar-refractivity contribution in [1.29, 1.82) is 0 Å². The zero-order chi connectivity index (χ0) is 12.8. The number of para-hydroxylation sites is 1. The molecular formula is C13H17NO3. The molecule has 0 aliphatic heterocycles. The Morgan fingerprint density at radius 1 is 1.18 bits per heavy atom. The number of carbonyl (C=O) groups is 2. The molecule has 0 fully saturated rings. The monoisotopic (exact) mass is 235 g/mol. The molecule has 0 saturated carbocycles. The summed E-state index contributed by atoms with van der Waals surface area (Å²) in [6.07, 6.45) is 0.341.